The zero-order chi connectivity index (χ0) is 30.8. The highest BCUT2D eigenvalue weighted by Crippen LogP contribution is 2.33. The van der Waals surface area contributed by atoms with Crippen LogP contribution in [0.1, 0.15) is 54.7 Å². The molecule has 1 atom stereocenters. The van der Waals surface area contributed by atoms with Gasteiger partial charge in [0, 0.05) is 53.1 Å². The summed E-state index contributed by atoms with van der Waals surface area (Å²) in [7, 11) is 0. The van der Waals surface area contributed by atoms with Gasteiger partial charge in [-0.3, -0.25) is 8.89 Å². The van der Waals surface area contributed by atoms with E-state index in [2.05, 4.69) is 26.3 Å². The molecule has 1 fully saturated rings. The van der Waals surface area contributed by atoms with Gasteiger partial charge in [0.05, 0.1) is 12.8 Å². The van der Waals surface area contributed by atoms with Crippen LogP contribution in [0, 0.1) is 17.7 Å². The van der Waals surface area contributed by atoms with Crippen molar-refractivity contribution in [3.05, 3.63) is 65.2 Å². The van der Waals surface area contributed by atoms with E-state index in [-0.39, 0.29) is 18.2 Å². The molecule has 0 bridgehead atoms. The first-order chi connectivity index (χ1) is 21.2. The molecule has 1 N–H and O–H groups in total. The van der Waals surface area contributed by atoms with Crippen molar-refractivity contribution in [2.75, 3.05) is 37.1 Å². The van der Waals surface area contributed by atoms with Crippen molar-refractivity contribution < 1.29 is 22.7 Å². The van der Waals surface area contributed by atoms with Gasteiger partial charge in [-0.05, 0) is 98.5 Å². The van der Waals surface area contributed by atoms with Crippen LogP contribution in [0.25, 0.3) is 22.2 Å². The minimum atomic E-state index is -2.33. The molecular weight excluding hydrogens is 583 g/mol. The maximum atomic E-state index is 14.2. The highest BCUT2D eigenvalue weighted by Gasteiger charge is 2.25. The summed E-state index contributed by atoms with van der Waals surface area (Å²) in [4.78, 5) is 18.4. The third kappa shape index (κ3) is 6.72. The van der Waals surface area contributed by atoms with Crippen LogP contribution >= 0.6 is 0 Å². The fourth-order valence-electron chi connectivity index (χ4n) is 6.29. The number of likely N-dealkylation sites (tertiary alicyclic amines) is 1. The second kappa shape index (κ2) is 13.2. The monoisotopic (exact) mass is 621 g/mol. The average Bonchev–Trinajstić information content (AvgIpc) is 3.74. The third-order valence-corrected chi connectivity index (χ3v) is 9.38. The van der Waals surface area contributed by atoms with Crippen molar-refractivity contribution in [2.24, 2.45) is 11.8 Å². The van der Waals surface area contributed by atoms with Crippen LogP contribution in [-0.2, 0) is 35.4 Å². The van der Waals surface area contributed by atoms with Gasteiger partial charge in [-0.25, -0.2) is 9.18 Å². The number of H-pyrrole nitrogens is 1. The molecule has 0 saturated carbocycles. The number of halogens is 1. The molecule has 3 heterocycles. The molecule has 10 nitrogen and oxygen atoms in total. The van der Waals surface area contributed by atoms with E-state index >= 15 is 0 Å². The lowest BCUT2D eigenvalue weighted by Gasteiger charge is -2.34. The number of anilines is 1. The number of hydrogen-bond acceptors (Lipinski definition) is 7. The predicted molar refractivity (Wildman–Crippen MR) is 166 cm³/mol. The summed E-state index contributed by atoms with van der Waals surface area (Å²) < 4.78 is 47.1. The average molecular weight is 622 g/mol. The molecule has 44 heavy (non-hydrogen) atoms. The number of ether oxygens (including phenoxy) is 1. The molecule has 0 amide bonds. The number of nitrogens with one attached hydrogen (secondary N) is 1. The largest absolute Gasteiger partial charge is 0.755 e. The third-order valence-electron chi connectivity index (χ3n) is 8.63. The minimum Gasteiger partial charge on any atom is -0.755 e. The number of aromatic nitrogens is 4. The van der Waals surface area contributed by atoms with Crippen LogP contribution in [0.3, 0.4) is 0 Å². The number of nitrogens with zero attached hydrogens (tertiary/aromatic N) is 5. The Hall–Kier alpha value is -3.61. The SMILES string of the molecule is CC(C)COC(=O)c1[nH]c2ccc(F)cc2c1-c1cn(CC2CCN(CCN(c3ccc4c(c3)CCC4)S(=O)[O-])CC2)nn1. The Balaban J connectivity index is 1.08. The van der Waals surface area contributed by atoms with Gasteiger partial charge in [0.2, 0.25) is 0 Å². The number of aryl methyl sites for hydroxylation is 2. The van der Waals surface area contributed by atoms with Crippen molar-refractivity contribution in [1.29, 1.82) is 0 Å². The lowest BCUT2D eigenvalue weighted by molar-refractivity contribution is 0.0454. The molecule has 1 unspecified atom stereocenters. The molecule has 6 rings (SSSR count). The second-order valence-electron chi connectivity index (χ2n) is 12.3. The van der Waals surface area contributed by atoms with Gasteiger partial charge in [-0.15, -0.1) is 5.10 Å². The first-order valence-corrected chi connectivity index (χ1v) is 16.4. The number of carbonyl (C=O) groups excluding carboxylic acids is 1. The number of aromatic amines is 1. The molecule has 2 aromatic heterocycles. The van der Waals surface area contributed by atoms with Crippen molar-refractivity contribution in [3.63, 3.8) is 0 Å². The number of piperidine rings is 1. The molecule has 12 heteroatoms. The molecule has 1 aliphatic heterocycles. The summed E-state index contributed by atoms with van der Waals surface area (Å²) in [5.74, 6) is -0.368. The van der Waals surface area contributed by atoms with E-state index in [0.717, 1.165) is 50.9 Å². The van der Waals surface area contributed by atoms with Gasteiger partial charge in [0.1, 0.15) is 17.2 Å². The van der Waals surface area contributed by atoms with Crippen LogP contribution in [-0.4, -0.2) is 72.4 Å². The van der Waals surface area contributed by atoms with E-state index in [9.17, 15) is 17.9 Å². The van der Waals surface area contributed by atoms with Crippen molar-refractivity contribution in [1.82, 2.24) is 24.9 Å². The van der Waals surface area contributed by atoms with Crippen molar-refractivity contribution >= 4 is 33.8 Å². The molecule has 2 aliphatic rings. The van der Waals surface area contributed by atoms with Gasteiger partial charge in [-0.1, -0.05) is 25.1 Å². The molecule has 2 aromatic carbocycles. The Kier molecular flexibility index (Phi) is 9.11. The fourth-order valence-corrected chi connectivity index (χ4v) is 6.81. The lowest BCUT2D eigenvalue weighted by Crippen LogP contribution is -2.41. The normalized spacial score (nSPS) is 16.5. The van der Waals surface area contributed by atoms with Gasteiger partial charge in [0.15, 0.2) is 0 Å². The van der Waals surface area contributed by atoms with E-state index < -0.39 is 23.1 Å². The van der Waals surface area contributed by atoms with E-state index in [0.29, 0.717) is 47.7 Å². The summed E-state index contributed by atoms with van der Waals surface area (Å²) in [5, 5.41) is 9.26. The van der Waals surface area contributed by atoms with Crippen LogP contribution in [0.2, 0.25) is 0 Å². The van der Waals surface area contributed by atoms with Crippen LogP contribution in [0.5, 0.6) is 0 Å². The smallest absolute Gasteiger partial charge is 0.355 e. The first kappa shape index (κ1) is 30.4. The molecule has 4 aromatic rings. The Morgan fingerprint density at radius 2 is 1.98 bits per heavy atom. The van der Waals surface area contributed by atoms with Crippen molar-refractivity contribution in [2.45, 2.75) is 52.5 Å². The summed E-state index contributed by atoms with van der Waals surface area (Å²) in [6, 6.07) is 10.4. The van der Waals surface area contributed by atoms with Crippen LogP contribution in [0.4, 0.5) is 10.1 Å². The Bertz CT molecular complexity index is 1660. The molecule has 0 spiro atoms. The molecular formula is C32H38FN6O4S-. The fraction of sp³-hybridized carbons (Fsp3) is 0.469. The standard InChI is InChI=1S/C32H39FN6O4S/c1-21(2)20-43-32(40)31-30(27-17-25(33)7-9-28(27)34-31)29-19-38(36-35-29)18-22-10-12-37(13-11-22)14-15-39(44(41)42)26-8-6-23-4-3-5-24(23)16-26/h6-9,16-17,19,21-22,34H,3-5,10-15,18,20H2,1-2H3,(H,41,42)/p-1. The quantitative estimate of drug-likeness (QED) is 0.187. The van der Waals surface area contributed by atoms with E-state index in [1.54, 1.807) is 16.9 Å². The number of benzene rings is 2. The molecule has 234 valence electrons. The number of esters is 1. The molecule has 1 aliphatic carbocycles. The van der Waals surface area contributed by atoms with E-state index in [1.807, 2.05) is 26.0 Å². The predicted octanol–water partition coefficient (Wildman–Crippen LogP) is 4.88. The van der Waals surface area contributed by atoms with Crippen LogP contribution < -0.4 is 4.31 Å². The number of rotatable bonds is 11. The molecule has 0 radical (unpaired) electrons. The zero-order valence-electron chi connectivity index (χ0n) is 25.1. The maximum absolute atomic E-state index is 14.2. The lowest BCUT2D eigenvalue weighted by atomic mass is 9.97. The van der Waals surface area contributed by atoms with E-state index in [4.69, 9.17) is 4.74 Å². The zero-order valence-corrected chi connectivity index (χ0v) is 25.9. The second-order valence-corrected chi connectivity index (χ2v) is 13.2. The number of carbonyl (C=O) groups is 1. The van der Waals surface area contributed by atoms with Gasteiger partial charge < -0.3 is 23.5 Å². The minimum absolute atomic E-state index is 0.176. The summed E-state index contributed by atoms with van der Waals surface area (Å²) in [5.41, 5.74) is 5.15. The topological polar surface area (TPSA) is 119 Å². The van der Waals surface area contributed by atoms with Gasteiger partial charge >= 0.3 is 5.97 Å². The molecule has 1 saturated heterocycles. The summed E-state index contributed by atoms with van der Waals surface area (Å²) in [6.07, 6.45) is 6.89. The Morgan fingerprint density at radius 1 is 1.18 bits per heavy atom. The van der Waals surface area contributed by atoms with Crippen molar-refractivity contribution in [3.8, 4) is 11.3 Å². The number of hydrogen-bond donors (Lipinski definition) is 1. The first-order valence-electron chi connectivity index (χ1n) is 15.3. The summed E-state index contributed by atoms with van der Waals surface area (Å²) >= 11 is -2.33. The van der Waals surface area contributed by atoms with Crippen LogP contribution in [0.15, 0.2) is 42.6 Å². The van der Waals surface area contributed by atoms with E-state index in [1.165, 1.54) is 27.6 Å². The van der Waals surface area contributed by atoms with Gasteiger partial charge in [0.25, 0.3) is 0 Å². The Morgan fingerprint density at radius 3 is 2.75 bits per heavy atom. The maximum Gasteiger partial charge on any atom is 0.355 e. The summed E-state index contributed by atoms with van der Waals surface area (Å²) in [6.45, 7) is 7.67. The Labute approximate surface area is 259 Å². The highest BCUT2D eigenvalue weighted by atomic mass is 32.2. The number of fused-ring (bicyclic) bond motifs is 2. The van der Waals surface area contributed by atoms with Gasteiger partial charge in [-0.2, -0.15) is 0 Å². The highest BCUT2D eigenvalue weighted by molar-refractivity contribution is 7.80.